The summed E-state index contributed by atoms with van der Waals surface area (Å²) in [5.74, 6) is 0.124. The van der Waals surface area contributed by atoms with Crippen molar-refractivity contribution in [3.63, 3.8) is 0 Å². The Morgan fingerprint density at radius 1 is 1.13 bits per heavy atom. The van der Waals surface area contributed by atoms with Gasteiger partial charge in [0, 0.05) is 50.6 Å². The molecule has 0 saturated carbocycles. The van der Waals surface area contributed by atoms with Gasteiger partial charge in [-0.1, -0.05) is 43.6 Å². The van der Waals surface area contributed by atoms with Gasteiger partial charge in [-0.05, 0) is 30.9 Å². The van der Waals surface area contributed by atoms with E-state index in [4.69, 9.17) is 16.3 Å². The summed E-state index contributed by atoms with van der Waals surface area (Å²) in [6, 6.07) is 7.80. The number of amides is 2. The number of hydrogen-bond acceptors (Lipinski definition) is 4. The summed E-state index contributed by atoms with van der Waals surface area (Å²) < 4.78 is 5.47. The van der Waals surface area contributed by atoms with Crippen molar-refractivity contribution in [1.29, 1.82) is 0 Å². The van der Waals surface area contributed by atoms with Gasteiger partial charge in [0.05, 0.1) is 19.3 Å². The van der Waals surface area contributed by atoms with Gasteiger partial charge in [-0.3, -0.25) is 14.5 Å². The van der Waals surface area contributed by atoms with Crippen LogP contribution in [0.1, 0.15) is 57.6 Å². The highest BCUT2D eigenvalue weighted by Gasteiger charge is 2.24. The van der Waals surface area contributed by atoms with E-state index in [1.54, 1.807) is 0 Å². The largest absolute Gasteiger partial charge is 0.379 e. The molecule has 1 aromatic carbocycles. The molecule has 168 valence electrons. The van der Waals surface area contributed by atoms with Gasteiger partial charge in [-0.15, -0.1) is 0 Å². The maximum absolute atomic E-state index is 12.4. The van der Waals surface area contributed by atoms with Gasteiger partial charge in [-0.2, -0.15) is 0 Å². The molecule has 30 heavy (non-hydrogen) atoms. The number of carbonyl (C=O) groups is 2. The number of nitrogens with one attached hydrogen (secondary N) is 1. The van der Waals surface area contributed by atoms with E-state index >= 15 is 0 Å². The maximum Gasteiger partial charge on any atom is 0.222 e. The van der Waals surface area contributed by atoms with E-state index in [9.17, 15) is 9.59 Å². The second-order valence-electron chi connectivity index (χ2n) is 7.72. The first-order chi connectivity index (χ1) is 14.6. The average molecular weight is 438 g/mol. The molecule has 1 aliphatic rings. The molecule has 0 spiro atoms. The molecule has 7 heteroatoms. The fourth-order valence-electron chi connectivity index (χ4n) is 3.83. The molecule has 1 N–H and O–H groups in total. The molecule has 1 saturated heterocycles. The van der Waals surface area contributed by atoms with Crippen LogP contribution in [0.5, 0.6) is 0 Å². The summed E-state index contributed by atoms with van der Waals surface area (Å²) in [4.78, 5) is 29.0. The zero-order chi connectivity index (χ0) is 21.8. The van der Waals surface area contributed by atoms with Crippen molar-refractivity contribution in [2.45, 2.75) is 52.0 Å². The van der Waals surface area contributed by atoms with Crippen molar-refractivity contribution in [1.82, 2.24) is 15.1 Å². The summed E-state index contributed by atoms with van der Waals surface area (Å²) in [5.41, 5.74) is 1.02. The SMILES string of the molecule is CCCN(CCC)C(=O)CCCC(=O)NCC(c1ccccc1Cl)N1CCOCC1. The lowest BCUT2D eigenvalue weighted by Gasteiger charge is -2.35. The van der Waals surface area contributed by atoms with Gasteiger partial charge in [0.2, 0.25) is 11.8 Å². The van der Waals surface area contributed by atoms with Crippen LogP contribution in [-0.4, -0.2) is 67.6 Å². The first-order valence-corrected chi connectivity index (χ1v) is 11.5. The van der Waals surface area contributed by atoms with E-state index in [0.29, 0.717) is 44.0 Å². The molecule has 1 heterocycles. The Labute approximate surface area is 185 Å². The van der Waals surface area contributed by atoms with E-state index in [2.05, 4.69) is 24.1 Å². The highest BCUT2D eigenvalue weighted by Crippen LogP contribution is 2.27. The predicted molar refractivity (Wildman–Crippen MR) is 121 cm³/mol. The topological polar surface area (TPSA) is 61.9 Å². The van der Waals surface area contributed by atoms with Crippen LogP contribution in [0.4, 0.5) is 0 Å². The fraction of sp³-hybridized carbons (Fsp3) is 0.652. The Kier molecular flexibility index (Phi) is 11.2. The second-order valence-corrected chi connectivity index (χ2v) is 8.13. The smallest absolute Gasteiger partial charge is 0.222 e. The van der Waals surface area contributed by atoms with Crippen molar-refractivity contribution in [2.24, 2.45) is 0 Å². The summed E-state index contributed by atoms with van der Waals surface area (Å²) in [6.07, 6.45) is 3.26. The molecule has 0 bridgehead atoms. The molecule has 1 aromatic rings. The number of benzene rings is 1. The number of ether oxygens (including phenoxy) is 1. The van der Waals surface area contributed by atoms with Crippen LogP contribution < -0.4 is 5.32 Å². The highest BCUT2D eigenvalue weighted by atomic mass is 35.5. The minimum Gasteiger partial charge on any atom is -0.379 e. The van der Waals surface area contributed by atoms with Crippen molar-refractivity contribution in [2.75, 3.05) is 45.9 Å². The number of morpholine rings is 1. The van der Waals surface area contributed by atoms with E-state index in [1.165, 1.54) is 0 Å². The van der Waals surface area contributed by atoms with Gasteiger partial charge < -0.3 is 15.0 Å². The van der Waals surface area contributed by atoms with Crippen molar-refractivity contribution >= 4 is 23.4 Å². The molecule has 1 atom stereocenters. The van der Waals surface area contributed by atoms with E-state index < -0.39 is 0 Å². The number of carbonyl (C=O) groups excluding carboxylic acids is 2. The molecular weight excluding hydrogens is 402 g/mol. The third kappa shape index (κ3) is 7.89. The van der Waals surface area contributed by atoms with Crippen LogP contribution >= 0.6 is 11.6 Å². The molecule has 1 aliphatic heterocycles. The van der Waals surface area contributed by atoms with Crippen molar-refractivity contribution in [3.8, 4) is 0 Å². The molecular formula is C23H36ClN3O3. The van der Waals surface area contributed by atoms with Crippen LogP contribution in [0.3, 0.4) is 0 Å². The Bertz CT molecular complexity index is 659. The van der Waals surface area contributed by atoms with E-state index in [1.807, 2.05) is 29.2 Å². The molecule has 6 nitrogen and oxygen atoms in total. The molecule has 1 fully saturated rings. The summed E-state index contributed by atoms with van der Waals surface area (Å²) in [7, 11) is 0. The van der Waals surface area contributed by atoms with Crippen molar-refractivity contribution in [3.05, 3.63) is 34.9 Å². The van der Waals surface area contributed by atoms with Gasteiger partial charge >= 0.3 is 0 Å². The Balaban J connectivity index is 1.85. The fourth-order valence-corrected chi connectivity index (χ4v) is 4.09. The quantitative estimate of drug-likeness (QED) is 0.542. The summed E-state index contributed by atoms with van der Waals surface area (Å²) >= 11 is 6.44. The molecule has 1 unspecified atom stereocenters. The molecule has 2 rings (SSSR count). The minimum absolute atomic E-state index is 0.0118. The van der Waals surface area contributed by atoms with Crippen LogP contribution in [0.2, 0.25) is 5.02 Å². The number of hydrogen-bond donors (Lipinski definition) is 1. The normalized spacial score (nSPS) is 15.6. The molecule has 0 aromatic heterocycles. The lowest BCUT2D eigenvalue weighted by atomic mass is 10.0. The lowest BCUT2D eigenvalue weighted by Crippen LogP contribution is -2.44. The first kappa shape index (κ1) is 24.6. The third-order valence-electron chi connectivity index (χ3n) is 5.38. The van der Waals surface area contributed by atoms with Crippen LogP contribution in [0, 0.1) is 0 Å². The Morgan fingerprint density at radius 2 is 1.80 bits per heavy atom. The van der Waals surface area contributed by atoms with E-state index in [-0.39, 0.29) is 17.9 Å². The maximum atomic E-state index is 12.4. The summed E-state index contributed by atoms with van der Waals surface area (Å²) in [6.45, 7) is 9.21. The molecule has 0 aliphatic carbocycles. The van der Waals surface area contributed by atoms with Gasteiger partial charge in [-0.25, -0.2) is 0 Å². The van der Waals surface area contributed by atoms with E-state index in [0.717, 1.165) is 44.6 Å². The average Bonchev–Trinajstić information content (AvgIpc) is 2.75. The standard InChI is InChI=1S/C23H36ClN3O3/c1-3-12-27(13-4-2)23(29)11-7-10-22(28)25-18-21(26-14-16-30-17-15-26)19-8-5-6-9-20(19)24/h5-6,8-9,21H,3-4,7,10-18H2,1-2H3,(H,25,28). The van der Waals surface area contributed by atoms with Crippen LogP contribution in [0.25, 0.3) is 0 Å². The monoisotopic (exact) mass is 437 g/mol. The molecule has 0 radical (unpaired) electrons. The van der Waals surface area contributed by atoms with Crippen LogP contribution in [-0.2, 0) is 14.3 Å². The number of rotatable bonds is 12. The number of nitrogens with zero attached hydrogens (tertiary/aromatic N) is 2. The lowest BCUT2D eigenvalue weighted by molar-refractivity contribution is -0.131. The third-order valence-corrected chi connectivity index (χ3v) is 5.72. The zero-order valence-electron chi connectivity index (χ0n) is 18.4. The predicted octanol–water partition coefficient (Wildman–Crippen LogP) is 3.65. The Hall–Kier alpha value is -1.63. The molecule has 2 amide bonds. The van der Waals surface area contributed by atoms with Gasteiger partial charge in [0.15, 0.2) is 0 Å². The van der Waals surface area contributed by atoms with Gasteiger partial charge in [0.25, 0.3) is 0 Å². The van der Waals surface area contributed by atoms with Gasteiger partial charge in [0.1, 0.15) is 0 Å². The summed E-state index contributed by atoms with van der Waals surface area (Å²) in [5, 5.41) is 3.76. The number of halogens is 1. The second kappa shape index (κ2) is 13.6. The van der Waals surface area contributed by atoms with Crippen LogP contribution in [0.15, 0.2) is 24.3 Å². The highest BCUT2D eigenvalue weighted by molar-refractivity contribution is 6.31. The Morgan fingerprint density at radius 3 is 2.43 bits per heavy atom. The minimum atomic E-state index is -0.0225. The first-order valence-electron chi connectivity index (χ1n) is 11.2. The van der Waals surface area contributed by atoms with Crippen molar-refractivity contribution < 1.29 is 14.3 Å². The zero-order valence-corrected chi connectivity index (χ0v) is 19.1.